The maximum Gasteiger partial charge on any atom is 0.406 e. The molecule has 0 saturated carbocycles. The Hall–Kier alpha value is -1.38. The van der Waals surface area contributed by atoms with Crippen LogP contribution in [0.1, 0.15) is 11.4 Å². The number of nitrogens with zero attached hydrogens (tertiary/aromatic N) is 3. The van der Waals surface area contributed by atoms with Crippen LogP contribution < -0.4 is 0 Å². The van der Waals surface area contributed by atoms with Crippen molar-refractivity contribution in [1.82, 2.24) is 14.5 Å². The topological polar surface area (TPSA) is 38.1 Å². The molecule has 0 aliphatic rings. The third kappa shape index (κ3) is 6.41. The Labute approximate surface area is 163 Å². The van der Waals surface area contributed by atoms with Gasteiger partial charge in [-0.2, -0.15) is 13.2 Å². The van der Waals surface area contributed by atoms with Gasteiger partial charge in [-0.1, -0.05) is 29.3 Å². The van der Waals surface area contributed by atoms with Gasteiger partial charge in [-0.05, 0) is 17.7 Å². The minimum absolute atomic E-state index is 0.00414. The van der Waals surface area contributed by atoms with E-state index in [0.29, 0.717) is 15.8 Å². The summed E-state index contributed by atoms with van der Waals surface area (Å²) in [4.78, 5) is 17.4. The van der Waals surface area contributed by atoms with E-state index in [4.69, 9.17) is 23.2 Å². The van der Waals surface area contributed by atoms with Crippen LogP contribution in [0.25, 0.3) is 0 Å². The summed E-state index contributed by atoms with van der Waals surface area (Å²) in [7, 11) is 1.53. The van der Waals surface area contributed by atoms with Gasteiger partial charge in [0, 0.05) is 35.2 Å². The molecule has 0 bridgehead atoms. The molecule has 0 spiro atoms. The predicted molar refractivity (Wildman–Crippen MR) is 97.4 cm³/mol. The van der Waals surface area contributed by atoms with Crippen molar-refractivity contribution in [2.45, 2.75) is 25.0 Å². The first-order valence-electron chi connectivity index (χ1n) is 7.48. The van der Waals surface area contributed by atoms with Crippen molar-refractivity contribution in [3.63, 3.8) is 0 Å². The highest BCUT2D eigenvalue weighted by molar-refractivity contribution is 7.99. The number of carbonyl (C=O) groups is 1. The lowest BCUT2D eigenvalue weighted by atomic mass is 10.2. The fourth-order valence-corrected chi connectivity index (χ4v) is 3.65. The maximum atomic E-state index is 12.5. The number of halogens is 5. The molecule has 0 saturated heterocycles. The van der Waals surface area contributed by atoms with Crippen molar-refractivity contribution < 1.29 is 18.0 Å². The van der Waals surface area contributed by atoms with Crippen molar-refractivity contribution in [2.75, 3.05) is 12.8 Å². The number of alkyl halides is 3. The lowest BCUT2D eigenvalue weighted by Crippen LogP contribution is -2.30. The van der Waals surface area contributed by atoms with Crippen LogP contribution in [0.15, 0.2) is 30.6 Å². The highest BCUT2D eigenvalue weighted by Gasteiger charge is 2.29. The number of benzene rings is 1. The van der Waals surface area contributed by atoms with E-state index in [1.807, 2.05) is 0 Å². The van der Waals surface area contributed by atoms with Crippen LogP contribution in [0, 0.1) is 0 Å². The van der Waals surface area contributed by atoms with E-state index in [1.54, 1.807) is 18.2 Å². The lowest BCUT2D eigenvalue weighted by molar-refractivity contribution is -0.141. The third-order valence-electron chi connectivity index (χ3n) is 3.45. The maximum absolute atomic E-state index is 12.5. The molecule has 2 aromatic rings. The second-order valence-corrected chi connectivity index (χ2v) is 7.39. The predicted octanol–water partition coefficient (Wildman–Crippen LogP) is 4.64. The summed E-state index contributed by atoms with van der Waals surface area (Å²) in [5.41, 5.74) is 0.859. The van der Waals surface area contributed by atoms with Gasteiger partial charge >= 0.3 is 6.18 Å². The normalized spacial score (nSPS) is 11.6. The molecular formula is C16H16Cl2F3N3OS. The SMILES string of the molecule is CN(Cc1nccn1CC(F)(F)F)C(=O)CSCc1ccc(Cl)cc1Cl. The van der Waals surface area contributed by atoms with Gasteiger partial charge in [0.25, 0.3) is 0 Å². The van der Waals surface area contributed by atoms with Crippen molar-refractivity contribution in [3.05, 3.63) is 52.0 Å². The van der Waals surface area contributed by atoms with E-state index in [9.17, 15) is 18.0 Å². The third-order valence-corrected chi connectivity index (χ3v) is 5.01. The summed E-state index contributed by atoms with van der Waals surface area (Å²) in [5.74, 6) is 0.679. The lowest BCUT2D eigenvalue weighted by Gasteiger charge is -2.18. The molecule has 2 rings (SSSR count). The highest BCUT2D eigenvalue weighted by Crippen LogP contribution is 2.25. The number of hydrogen-bond acceptors (Lipinski definition) is 3. The number of thioether (sulfide) groups is 1. The van der Waals surface area contributed by atoms with E-state index < -0.39 is 12.7 Å². The average Bonchev–Trinajstić information content (AvgIpc) is 2.94. The number of rotatable bonds is 7. The molecule has 0 atom stereocenters. The van der Waals surface area contributed by atoms with Gasteiger partial charge in [-0.15, -0.1) is 11.8 Å². The Kier molecular flexibility index (Phi) is 7.25. The molecule has 142 valence electrons. The van der Waals surface area contributed by atoms with Crippen LogP contribution in [0.2, 0.25) is 10.0 Å². The Morgan fingerprint density at radius 3 is 2.73 bits per heavy atom. The first-order chi connectivity index (χ1) is 12.2. The molecule has 0 aliphatic heterocycles. The van der Waals surface area contributed by atoms with Crippen molar-refractivity contribution in [3.8, 4) is 0 Å². The molecule has 0 radical (unpaired) electrons. The van der Waals surface area contributed by atoms with Crippen molar-refractivity contribution in [2.24, 2.45) is 0 Å². The molecule has 1 heterocycles. The largest absolute Gasteiger partial charge is 0.406 e. The van der Waals surface area contributed by atoms with Crippen LogP contribution in [0.4, 0.5) is 13.2 Å². The van der Waals surface area contributed by atoms with E-state index in [0.717, 1.165) is 10.1 Å². The highest BCUT2D eigenvalue weighted by atomic mass is 35.5. The summed E-state index contributed by atoms with van der Waals surface area (Å²) in [6.45, 7) is -1.13. The molecule has 0 fully saturated rings. The average molecular weight is 426 g/mol. The molecule has 1 amide bonds. The van der Waals surface area contributed by atoms with Gasteiger partial charge in [-0.25, -0.2) is 4.98 Å². The zero-order valence-corrected chi connectivity index (χ0v) is 16.1. The molecule has 0 N–H and O–H groups in total. The Balaban J connectivity index is 1.85. The zero-order valence-electron chi connectivity index (χ0n) is 13.8. The van der Waals surface area contributed by atoms with Gasteiger partial charge in [-0.3, -0.25) is 4.79 Å². The molecule has 26 heavy (non-hydrogen) atoms. The fourth-order valence-electron chi connectivity index (χ4n) is 2.13. The summed E-state index contributed by atoms with van der Waals surface area (Å²) < 4.78 is 38.6. The first-order valence-corrected chi connectivity index (χ1v) is 9.39. The number of amides is 1. The van der Waals surface area contributed by atoms with Crippen LogP contribution in [0.3, 0.4) is 0 Å². The van der Waals surface area contributed by atoms with Gasteiger partial charge in [0.2, 0.25) is 5.91 Å². The summed E-state index contributed by atoms with van der Waals surface area (Å²) in [6, 6.07) is 5.14. The molecule has 0 unspecified atom stereocenters. The van der Waals surface area contributed by atoms with Crippen molar-refractivity contribution in [1.29, 1.82) is 0 Å². The Morgan fingerprint density at radius 2 is 2.08 bits per heavy atom. The molecular weight excluding hydrogens is 410 g/mol. The second kappa shape index (κ2) is 9.01. The van der Waals surface area contributed by atoms with Crippen molar-refractivity contribution >= 4 is 40.9 Å². The number of imidazole rings is 1. The molecule has 1 aromatic heterocycles. The van der Waals surface area contributed by atoms with Gasteiger partial charge in [0.05, 0.1) is 12.3 Å². The number of aromatic nitrogens is 2. The fraction of sp³-hybridized carbons (Fsp3) is 0.375. The Bertz CT molecular complexity index is 767. The second-order valence-electron chi connectivity index (χ2n) is 5.56. The van der Waals surface area contributed by atoms with Crippen LogP contribution in [-0.2, 0) is 23.6 Å². The van der Waals surface area contributed by atoms with Gasteiger partial charge in [0.1, 0.15) is 12.4 Å². The Morgan fingerprint density at radius 1 is 1.35 bits per heavy atom. The summed E-state index contributed by atoms with van der Waals surface area (Å²) >= 11 is 13.3. The number of hydrogen-bond donors (Lipinski definition) is 0. The standard InChI is InChI=1S/C16H16Cl2F3N3OS/c1-23(7-14-22-4-5-24(14)10-16(19,20)21)15(25)9-26-8-11-2-3-12(17)6-13(11)18/h2-6H,7-10H2,1H3. The van der Waals surface area contributed by atoms with E-state index in [2.05, 4.69) is 4.98 Å². The number of carbonyl (C=O) groups excluding carboxylic acids is 1. The summed E-state index contributed by atoms with van der Waals surface area (Å²) in [5, 5.41) is 1.06. The van der Waals surface area contributed by atoms with Crippen LogP contribution >= 0.6 is 35.0 Å². The summed E-state index contributed by atoms with van der Waals surface area (Å²) in [6.07, 6.45) is -1.80. The van der Waals surface area contributed by atoms with E-state index in [1.165, 1.54) is 36.1 Å². The van der Waals surface area contributed by atoms with Gasteiger partial charge in [0.15, 0.2) is 0 Å². The smallest absolute Gasteiger partial charge is 0.338 e. The molecule has 1 aromatic carbocycles. The minimum atomic E-state index is -4.34. The molecule has 10 heteroatoms. The first kappa shape index (κ1) is 20.9. The van der Waals surface area contributed by atoms with E-state index >= 15 is 0 Å². The minimum Gasteiger partial charge on any atom is -0.338 e. The quantitative estimate of drug-likeness (QED) is 0.648. The van der Waals surface area contributed by atoms with E-state index in [-0.39, 0.29) is 24.0 Å². The monoisotopic (exact) mass is 425 g/mol. The van der Waals surface area contributed by atoms with Crippen LogP contribution in [-0.4, -0.2) is 39.3 Å². The molecule has 4 nitrogen and oxygen atoms in total. The molecule has 0 aliphatic carbocycles. The van der Waals surface area contributed by atoms with Crippen LogP contribution in [0.5, 0.6) is 0 Å². The van der Waals surface area contributed by atoms with Gasteiger partial charge < -0.3 is 9.47 Å². The zero-order chi connectivity index (χ0) is 19.3.